The van der Waals surface area contributed by atoms with Crippen molar-refractivity contribution in [1.82, 2.24) is 5.09 Å². The molecule has 0 radical (unpaired) electrons. The molecule has 1 aromatic carbocycles. The summed E-state index contributed by atoms with van der Waals surface area (Å²) >= 11 is 0. The van der Waals surface area contributed by atoms with Gasteiger partial charge in [-0.15, -0.1) is 0 Å². The highest BCUT2D eigenvalue weighted by Crippen LogP contribution is 2.50. The maximum Gasteiger partial charge on any atom is 0.342 e. The van der Waals surface area contributed by atoms with Crippen LogP contribution in [0.5, 0.6) is 17.2 Å². The second-order valence-corrected chi connectivity index (χ2v) is 9.36. The summed E-state index contributed by atoms with van der Waals surface area (Å²) in [6.45, 7) is 4.68. The fourth-order valence-corrected chi connectivity index (χ4v) is 4.29. The maximum atomic E-state index is 13.5. The van der Waals surface area contributed by atoms with Crippen LogP contribution in [0, 0.1) is 0 Å². The van der Waals surface area contributed by atoms with Gasteiger partial charge in [-0.1, -0.05) is 0 Å². The van der Waals surface area contributed by atoms with E-state index in [9.17, 15) is 18.9 Å². The van der Waals surface area contributed by atoms with Crippen molar-refractivity contribution in [2.75, 3.05) is 34.8 Å². The van der Waals surface area contributed by atoms with Gasteiger partial charge in [0.25, 0.3) is 0 Å². The Morgan fingerprint density at radius 2 is 1.54 bits per heavy atom. The van der Waals surface area contributed by atoms with Crippen LogP contribution in [0.3, 0.4) is 0 Å². The van der Waals surface area contributed by atoms with Gasteiger partial charge < -0.3 is 32.9 Å². The van der Waals surface area contributed by atoms with Gasteiger partial charge >= 0.3 is 25.4 Å². The smallest absolute Gasteiger partial charge is 0.342 e. The molecule has 0 aliphatic heterocycles. The number of esters is 3. The van der Waals surface area contributed by atoms with Gasteiger partial charge in [-0.2, -0.15) is 0 Å². The quantitative estimate of drug-likeness (QED) is 0.168. The topological polar surface area (TPSA) is 145 Å². The highest BCUT2D eigenvalue weighted by Gasteiger charge is 2.33. The summed E-state index contributed by atoms with van der Waals surface area (Å²) in [6.07, 6.45) is 1.13. The molecule has 13 heteroatoms. The van der Waals surface area contributed by atoms with E-state index in [2.05, 4.69) is 9.82 Å². The van der Waals surface area contributed by atoms with Crippen molar-refractivity contribution >= 4 is 25.4 Å². The minimum absolute atomic E-state index is 0.0204. The summed E-state index contributed by atoms with van der Waals surface area (Å²) in [5, 5.41) is 2.64. The highest BCUT2D eigenvalue weighted by molar-refractivity contribution is 7.57. The lowest BCUT2D eigenvalue weighted by Gasteiger charge is -2.25. The van der Waals surface area contributed by atoms with Crippen molar-refractivity contribution in [2.45, 2.75) is 39.5 Å². The molecule has 0 aliphatic carbocycles. The van der Waals surface area contributed by atoms with Crippen LogP contribution in [0.25, 0.3) is 0 Å². The number of rotatable bonds is 14. The number of carbonyl (C=O) groups excluding carboxylic acids is 3. The zero-order valence-corrected chi connectivity index (χ0v) is 21.7. The van der Waals surface area contributed by atoms with Gasteiger partial charge in [0.1, 0.15) is 19.0 Å². The molecular formula is C22H32NO11P. The zero-order chi connectivity index (χ0) is 26.6. The Morgan fingerprint density at radius 1 is 0.971 bits per heavy atom. The molecule has 0 fully saturated rings. The van der Waals surface area contributed by atoms with Crippen molar-refractivity contribution in [3.8, 4) is 17.2 Å². The number of methoxy groups -OCH3 is 4. The number of benzene rings is 1. The number of nitrogens with one attached hydrogen (secondary N) is 1. The monoisotopic (exact) mass is 517 g/mol. The van der Waals surface area contributed by atoms with E-state index in [0.29, 0.717) is 5.56 Å². The van der Waals surface area contributed by atoms with Gasteiger partial charge in [0.05, 0.1) is 27.4 Å². The molecule has 2 atom stereocenters. The number of carbonyl (C=O) groups is 3. The average molecular weight is 517 g/mol. The van der Waals surface area contributed by atoms with Crippen molar-refractivity contribution in [3.63, 3.8) is 0 Å². The van der Waals surface area contributed by atoms with Gasteiger partial charge in [-0.3, -0.25) is 9.36 Å². The van der Waals surface area contributed by atoms with Crippen molar-refractivity contribution < 1.29 is 51.9 Å². The first-order valence-electron chi connectivity index (χ1n) is 10.4. The lowest BCUT2D eigenvalue weighted by Crippen LogP contribution is -2.36. The zero-order valence-electron chi connectivity index (χ0n) is 20.8. The summed E-state index contributed by atoms with van der Waals surface area (Å²) in [6, 6.07) is 2.01. The molecule has 0 amide bonds. The van der Waals surface area contributed by atoms with E-state index in [-0.39, 0.29) is 36.3 Å². The first kappa shape index (κ1) is 30.0. The Balaban J connectivity index is 3.14. The number of ether oxygens (including phenoxy) is 6. The fraction of sp³-hybridized carbons (Fsp3) is 0.500. The highest BCUT2D eigenvalue weighted by atomic mass is 31.2. The summed E-state index contributed by atoms with van der Waals surface area (Å²) < 4.78 is 49.6. The molecule has 0 spiro atoms. The van der Waals surface area contributed by atoms with E-state index in [1.54, 1.807) is 13.8 Å². The number of hydrogen-bond acceptors (Lipinski definition) is 11. The molecule has 12 nitrogen and oxygen atoms in total. The third-order valence-corrected chi connectivity index (χ3v) is 5.95. The Morgan fingerprint density at radius 3 is 2.03 bits per heavy atom. The normalized spacial score (nSPS) is 13.6. The molecule has 0 bridgehead atoms. The van der Waals surface area contributed by atoms with Crippen LogP contribution in [0.4, 0.5) is 0 Å². The van der Waals surface area contributed by atoms with Crippen LogP contribution in [0.1, 0.15) is 26.3 Å². The maximum absolute atomic E-state index is 13.5. The molecule has 1 rings (SSSR count). The Kier molecular flexibility index (Phi) is 12.3. The van der Waals surface area contributed by atoms with Gasteiger partial charge in [-0.05, 0) is 38.5 Å². The SMILES string of the molecule is COCP(=O)(N[C@@H](C)C(=O)OC(C)C)Oc1c(OC)cc(COC(=O)/C=C/C(=O)OC)cc1OC. The lowest BCUT2D eigenvalue weighted by atomic mass is 10.2. The third-order valence-electron chi connectivity index (χ3n) is 4.09. The van der Waals surface area contributed by atoms with Gasteiger partial charge in [0.2, 0.25) is 5.75 Å². The molecule has 196 valence electrons. The lowest BCUT2D eigenvalue weighted by molar-refractivity contribution is -0.149. The summed E-state index contributed by atoms with van der Waals surface area (Å²) in [5.41, 5.74) is 0.453. The molecule has 0 heterocycles. The first-order chi connectivity index (χ1) is 16.5. The Labute approximate surface area is 204 Å². The van der Waals surface area contributed by atoms with Gasteiger partial charge in [-0.25, -0.2) is 14.7 Å². The minimum atomic E-state index is -3.81. The summed E-state index contributed by atoms with van der Waals surface area (Å²) in [4.78, 5) is 35.1. The molecule has 1 N–H and O–H groups in total. The number of hydrogen-bond donors (Lipinski definition) is 1. The van der Waals surface area contributed by atoms with E-state index >= 15 is 0 Å². The van der Waals surface area contributed by atoms with E-state index < -0.39 is 31.5 Å². The van der Waals surface area contributed by atoms with Crippen LogP contribution >= 0.6 is 7.52 Å². The van der Waals surface area contributed by atoms with E-state index in [1.807, 2.05) is 0 Å². The average Bonchev–Trinajstić information content (AvgIpc) is 2.80. The molecule has 35 heavy (non-hydrogen) atoms. The van der Waals surface area contributed by atoms with E-state index in [1.165, 1.54) is 47.5 Å². The van der Waals surface area contributed by atoms with Crippen LogP contribution in [0.2, 0.25) is 0 Å². The molecule has 1 aromatic rings. The molecule has 1 unspecified atom stereocenters. The van der Waals surface area contributed by atoms with E-state index in [0.717, 1.165) is 12.2 Å². The summed E-state index contributed by atoms with van der Waals surface area (Å²) in [5.74, 6) is -1.87. The van der Waals surface area contributed by atoms with Crippen molar-refractivity contribution in [3.05, 3.63) is 29.8 Å². The van der Waals surface area contributed by atoms with Crippen LogP contribution in [-0.2, 0) is 44.5 Å². The minimum Gasteiger partial charge on any atom is -0.493 e. The predicted octanol–water partition coefficient (Wildman–Crippen LogP) is 2.58. The fourth-order valence-electron chi connectivity index (χ4n) is 2.60. The van der Waals surface area contributed by atoms with Crippen molar-refractivity contribution in [1.29, 1.82) is 0 Å². The summed E-state index contributed by atoms with van der Waals surface area (Å²) in [7, 11) is 1.40. The van der Waals surface area contributed by atoms with Crippen LogP contribution in [0.15, 0.2) is 24.3 Å². The first-order valence-corrected chi connectivity index (χ1v) is 12.2. The Hall–Kier alpha value is -3.08. The predicted molar refractivity (Wildman–Crippen MR) is 124 cm³/mol. The molecule has 0 aromatic heterocycles. The third kappa shape index (κ3) is 9.97. The van der Waals surface area contributed by atoms with Crippen LogP contribution < -0.4 is 19.1 Å². The molecule has 0 saturated carbocycles. The second-order valence-electron chi connectivity index (χ2n) is 7.31. The molecule has 0 saturated heterocycles. The molecule has 0 aliphatic rings. The van der Waals surface area contributed by atoms with Gasteiger partial charge in [0, 0.05) is 19.3 Å². The molecular weight excluding hydrogens is 485 g/mol. The Bertz CT molecular complexity index is 936. The van der Waals surface area contributed by atoms with Gasteiger partial charge in [0.15, 0.2) is 11.5 Å². The van der Waals surface area contributed by atoms with Crippen LogP contribution in [-0.4, -0.2) is 64.8 Å². The second kappa shape index (κ2) is 14.3. The largest absolute Gasteiger partial charge is 0.493 e. The van der Waals surface area contributed by atoms with Crippen molar-refractivity contribution in [2.24, 2.45) is 0 Å². The van der Waals surface area contributed by atoms with E-state index in [4.69, 9.17) is 28.2 Å². The standard InChI is InChI=1S/C22H32NO11P/c1-14(2)33-22(26)15(3)23-35(27,13-28-4)34-21-17(29-5)10-16(11-18(21)30-6)12-32-20(25)9-8-19(24)31-7/h8-11,14-15H,12-13H2,1-7H3,(H,23,27)/b9-8+/t15-,35?/m0/s1.